The summed E-state index contributed by atoms with van der Waals surface area (Å²) in [5, 5.41) is 0.661. The molecule has 2 aromatic rings. The molecule has 0 aliphatic heterocycles. The normalized spacial score (nSPS) is 12.2. The molecular weight excluding hydrogens is 405 g/mol. The van der Waals surface area contributed by atoms with Gasteiger partial charge >= 0.3 is 0 Å². The van der Waals surface area contributed by atoms with Crippen molar-refractivity contribution in [2.45, 2.75) is 12.5 Å². The SMILES string of the molecule is COc1ccc(Br)cc1CC(N)c1cccc(Br)c1Cl. The Morgan fingerprint density at radius 3 is 2.70 bits per heavy atom. The van der Waals surface area contributed by atoms with Gasteiger partial charge in [-0.25, -0.2) is 0 Å². The maximum Gasteiger partial charge on any atom is 0.122 e. The van der Waals surface area contributed by atoms with E-state index in [0.29, 0.717) is 11.4 Å². The molecule has 2 rings (SSSR count). The van der Waals surface area contributed by atoms with Crippen molar-refractivity contribution in [3.8, 4) is 5.75 Å². The van der Waals surface area contributed by atoms with Gasteiger partial charge in [-0.2, -0.15) is 0 Å². The fourth-order valence-corrected chi connectivity index (χ4v) is 3.12. The third-order valence-electron chi connectivity index (χ3n) is 3.06. The summed E-state index contributed by atoms with van der Waals surface area (Å²) in [6.07, 6.45) is 0.652. The zero-order valence-corrected chi connectivity index (χ0v) is 14.8. The summed E-state index contributed by atoms with van der Waals surface area (Å²) in [7, 11) is 1.66. The van der Waals surface area contributed by atoms with Gasteiger partial charge in [0, 0.05) is 15.0 Å². The van der Waals surface area contributed by atoms with Gasteiger partial charge < -0.3 is 10.5 Å². The van der Waals surface area contributed by atoms with Crippen LogP contribution in [0.3, 0.4) is 0 Å². The molecule has 0 radical (unpaired) electrons. The maximum atomic E-state index is 6.29. The summed E-state index contributed by atoms with van der Waals surface area (Å²) in [6.45, 7) is 0. The summed E-state index contributed by atoms with van der Waals surface area (Å²) in [4.78, 5) is 0. The van der Waals surface area contributed by atoms with Crippen LogP contribution in [0.1, 0.15) is 17.2 Å². The minimum absolute atomic E-state index is 0.191. The van der Waals surface area contributed by atoms with Gasteiger partial charge in [-0.1, -0.05) is 39.7 Å². The van der Waals surface area contributed by atoms with Crippen LogP contribution in [0.4, 0.5) is 0 Å². The average Bonchev–Trinajstić information content (AvgIpc) is 2.42. The van der Waals surface area contributed by atoms with E-state index in [9.17, 15) is 0 Å². The molecule has 106 valence electrons. The van der Waals surface area contributed by atoms with Crippen molar-refractivity contribution in [1.82, 2.24) is 0 Å². The van der Waals surface area contributed by atoms with E-state index in [1.165, 1.54) is 0 Å². The molecule has 0 bridgehead atoms. The number of rotatable bonds is 4. The van der Waals surface area contributed by atoms with Gasteiger partial charge in [0.25, 0.3) is 0 Å². The molecule has 0 amide bonds. The first-order valence-corrected chi connectivity index (χ1v) is 8.01. The molecule has 2 aromatic carbocycles. The van der Waals surface area contributed by atoms with Crippen molar-refractivity contribution < 1.29 is 4.74 Å². The van der Waals surface area contributed by atoms with Gasteiger partial charge in [-0.15, -0.1) is 0 Å². The Kier molecular flexibility index (Phi) is 5.49. The lowest BCUT2D eigenvalue weighted by Crippen LogP contribution is -2.14. The Morgan fingerprint density at radius 1 is 1.25 bits per heavy atom. The number of hydrogen-bond donors (Lipinski definition) is 1. The fraction of sp³-hybridized carbons (Fsp3) is 0.200. The Balaban J connectivity index is 2.30. The fourth-order valence-electron chi connectivity index (χ4n) is 2.06. The van der Waals surface area contributed by atoms with Crippen LogP contribution in [-0.2, 0) is 6.42 Å². The molecule has 1 unspecified atom stereocenters. The highest BCUT2D eigenvalue weighted by Gasteiger charge is 2.15. The highest BCUT2D eigenvalue weighted by atomic mass is 79.9. The van der Waals surface area contributed by atoms with Crippen LogP contribution in [-0.4, -0.2) is 7.11 Å². The van der Waals surface area contributed by atoms with Gasteiger partial charge in [0.05, 0.1) is 12.1 Å². The molecule has 0 aromatic heterocycles. The lowest BCUT2D eigenvalue weighted by molar-refractivity contribution is 0.408. The Hall–Kier alpha value is -0.550. The summed E-state index contributed by atoms with van der Waals surface area (Å²) in [5.74, 6) is 0.828. The second kappa shape index (κ2) is 6.94. The van der Waals surface area contributed by atoms with E-state index < -0.39 is 0 Å². The van der Waals surface area contributed by atoms with Crippen LogP contribution >= 0.6 is 43.5 Å². The van der Waals surface area contributed by atoms with Crippen LogP contribution < -0.4 is 10.5 Å². The molecule has 0 saturated carbocycles. The van der Waals surface area contributed by atoms with E-state index in [1.807, 2.05) is 36.4 Å². The van der Waals surface area contributed by atoms with E-state index >= 15 is 0 Å². The highest BCUT2D eigenvalue weighted by molar-refractivity contribution is 9.10. The van der Waals surface area contributed by atoms with Crippen molar-refractivity contribution in [1.29, 1.82) is 0 Å². The van der Waals surface area contributed by atoms with Crippen molar-refractivity contribution >= 4 is 43.5 Å². The minimum atomic E-state index is -0.191. The first-order valence-electron chi connectivity index (χ1n) is 6.05. The number of ether oxygens (including phenoxy) is 1. The van der Waals surface area contributed by atoms with E-state index in [-0.39, 0.29) is 6.04 Å². The summed E-state index contributed by atoms with van der Waals surface area (Å²) >= 11 is 13.2. The first kappa shape index (κ1) is 15.8. The number of methoxy groups -OCH3 is 1. The van der Waals surface area contributed by atoms with Crippen LogP contribution in [0.25, 0.3) is 0 Å². The van der Waals surface area contributed by atoms with Crippen LogP contribution in [0.15, 0.2) is 45.3 Å². The van der Waals surface area contributed by atoms with Crippen molar-refractivity contribution in [3.05, 3.63) is 61.5 Å². The Morgan fingerprint density at radius 2 is 2.00 bits per heavy atom. The van der Waals surface area contributed by atoms with Gasteiger partial charge in [0.2, 0.25) is 0 Å². The van der Waals surface area contributed by atoms with Crippen molar-refractivity contribution in [2.24, 2.45) is 5.73 Å². The van der Waals surface area contributed by atoms with Gasteiger partial charge in [0.15, 0.2) is 0 Å². The summed E-state index contributed by atoms with van der Waals surface area (Å²) < 4.78 is 7.23. The molecule has 1 atom stereocenters. The van der Waals surface area contributed by atoms with E-state index in [1.54, 1.807) is 7.11 Å². The molecule has 5 heteroatoms. The lowest BCUT2D eigenvalue weighted by Gasteiger charge is -2.16. The number of benzene rings is 2. The second-order valence-corrected chi connectivity index (χ2v) is 6.56. The Labute approximate surface area is 140 Å². The van der Waals surface area contributed by atoms with Gasteiger partial charge in [0.1, 0.15) is 5.75 Å². The molecule has 0 heterocycles. The van der Waals surface area contributed by atoms with Crippen molar-refractivity contribution in [3.63, 3.8) is 0 Å². The maximum absolute atomic E-state index is 6.29. The number of nitrogens with two attached hydrogens (primary N) is 1. The van der Waals surface area contributed by atoms with Crippen LogP contribution in [0, 0.1) is 0 Å². The zero-order valence-electron chi connectivity index (χ0n) is 10.9. The van der Waals surface area contributed by atoms with E-state index in [4.69, 9.17) is 22.1 Å². The molecule has 2 N–H and O–H groups in total. The predicted octanol–water partition coefficient (Wildman–Crippen LogP) is 5.12. The minimum Gasteiger partial charge on any atom is -0.496 e. The standard InChI is InChI=1S/C15H14Br2ClNO/c1-20-14-6-5-10(16)7-9(14)8-13(19)11-3-2-4-12(17)15(11)18/h2-7,13H,8,19H2,1H3. The van der Waals surface area contributed by atoms with Crippen LogP contribution in [0.5, 0.6) is 5.75 Å². The molecule has 20 heavy (non-hydrogen) atoms. The van der Waals surface area contributed by atoms with E-state index in [0.717, 1.165) is 25.8 Å². The average molecular weight is 420 g/mol. The molecule has 0 fully saturated rings. The molecule has 0 aliphatic rings. The first-order chi connectivity index (χ1) is 9.52. The zero-order chi connectivity index (χ0) is 14.7. The third-order valence-corrected chi connectivity index (χ3v) is 4.87. The predicted molar refractivity (Wildman–Crippen MR) is 90.5 cm³/mol. The third kappa shape index (κ3) is 3.55. The number of hydrogen-bond acceptors (Lipinski definition) is 2. The lowest BCUT2D eigenvalue weighted by atomic mass is 9.99. The van der Waals surface area contributed by atoms with Gasteiger partial charge in [-0.3, -0.25) is 0 Å². The van der Waals surface area contributed by atoms with Gasteiger partial charge in [-0.05, 0) is 57.7 Å². The van der Waals surface area contributed by atoms with Crippen LogP contribution in [0.2, 0.25) is 5.02 Å². The molecular formula is C15H14Br2ClNO. The van der Waals surface area contributed by atoms with Crippen molar-refractivity contribution in [2.75, 3.05) is 7.11 Å². The monoisotopic (exact) mass is 417 g/mol. The molecule has 2 nitrogen and oxygen atoms in total. The number of halogens is 3. The highest BCUT2D eigenvalue weighted by Crippen LogP contribution is 2.32. The quantitative estimate of drug-likeness (QED) is 0.747. The summed E-state index contributed by atoms with van der Waals surface area (Å²) in [5.41, 5.74) is 8.26. The summed E-state index contributed by atoms with van der Waals surface area (Å²) in [6, 6.07) is 11.5. The molecule has 0 spiro atoms. The topological polar surface area (TPSA) is 35.2 Å². The molecule has 0 saturated heterocycles. The smallest absolute Gasteiger partial charge is 0.122 e. The largest absolute Gasteiger partial charge is 0.496 e. The second-order valence-electron chi connectivity index (χ2n) is 4.41. The molecule has 0 aliphatic carbocycles. The Bertz CT molecular complexity index is 619. The van der Waals surface area contributed by atoms with E-state index in [2.05, 4.69) is 31.9 Å².